The molecule has 0 radical (unpaired) electrons. The van der Waals surface area contributed by atoms with E-state index in [1.54, 1.807) is 0 Å². The van der Waals surface area contributed by atoms with Crippen LogP contribution in [0.15, 0.2) is 12.1 Å². The van der Waals surface area contributed by atoms with Crippen molar-refractivity contribution in [3.8, 4) is 0 Å². The molecule has 1 aromatic carbocycles. The lowest BCUT2D eigenvalue weighted by Gasteiger charge is -1.99. The van der Waals surface area contributed by atoms with E-state index in [1.165, 1.54) is 0 Å². The average molecular weight is 230 g/mol. The minimum atomic E-state index is -1.81. The molecule has 0 aromatic heterocycles. The fourth-order valence-corrected chi connectivity index (χ4v) is 1.04. The lowest BCUT2D eigenvalue weighted by molar-refractivity contribution is -0.391. The van der Waals surface area contributed by atoms with Gasteiger partial charge in [-0.1, -0.05) is 0 Å². The van der Waals surface area contributed by atoms with Gasteiger partial charge in [0.25, 0.3) is 5.69 Å². The predicted octanol–water partition coefficient (Wildman–Crippen LogP) is 1.34. The largest absolute Gasteiger partial charge is 0.477 e. The predicted molar refractivity (Wildman–Crippen MR) is 46.7 cm³/mol. The molecule has 0 saturated carbocycles. The summed E-state index contributed by atoms with van der Waals surface area (Å²) in [6.07, 6.45) is 0. The first kappa shape index (κ1) is 11.5. The average Bonchev–Trinajstić information content (AvgIpc) is 2.15. The molecule has 9 heteroatoms. The molecule has 0 heterocycles. The number of carbonyl (C=O) groups is 1. The monoisotopic (exact) mass is 230 g/mol. The van der Waals surface area contributed by atoms with Gasteiger partial charge in [-0.3, -0.25) is 20.2 Å². The van der Waals surface area contributed by atoms with Crippen molar-refractivity contribution in [3.05, 3.63) is 43.7 Å². The van der Waals surface area contributed by atoms with Crippen LogP contribution in [0.2, 0.25) is 0 Å². The molecule has 84 valence electrons. The van der Waals surface area contributed by atoms with Crippen molar-refractivity contribution in [3.63, 3.8) is 0 Å². The lowest BCUT2D eigenvalue weighted by atomic mass is 10.1. The first-order valence-corrected chi connectivity index (χ1v) is 3.70. The minimum absolute atomic E-state index is 0.296. The van der Waals surface area contributed by atoms with Crippen LogP contribution in [0.4, 0.5) is 15.8 Å². The number of carboxylic acids is 1. The number of hydrogen-bond donors (Lipinski definition) is 1. The number of carboxylic acid groups (broad SMARTS) is 1. The van der Waals surface area contributed by atoms with E-state index in [9.17, 15) is 29.4 Å². The molecule has 0 amide bonds. The standard InChI is InChI=1S/C7H3FN2O6/c8-5-2-3(9(13)14)1-4(7(11)12)6(5)10(15)16/h1-2H,(H,11,12). The number of nitro groups is 2. The normalized spacial score (nSPS) is 9.81. The summed E-state index contributed by atoms with van der Waals surface area (Å²) in [5.74, 6) is -3.37. The summed E-state index contributed by atoms with van der Waals surface area (Å²) in [5.41, 5.74) is -3.21. The quantitative estimate of drug-likeness (QED) is 0.617. The molecule has 1 N–H and O–H groups in total. The summed E-state index contributed by atoms with van der Waals surface area (Å²) in [5, 5.41) is 29.2. The summed E-state index contributed by atoms with van der Waals surface area (Å²) >= 11 is 0. The van der Waals surface area contributed by atoms with E-state index in [-0.39, 0.29) is 0 Å². The van der Waals surface area contributed by atoms with Crippen molar-refractivity contribution < 1.29 is 24.1 Å². The molecule has 0 unspecified atom stereocenters. The van der Waals surface area contributed by atoms with E-state index in [1.807, 2.05) is 0 Å². The SMILES string of the molecule is O=C(O)c1cc([N+](=O)[O-])cc(F)c1[N+](=O)[O-]. The van der Waals surface area contributed by atoms with Gasteiger partial charge in [-0.05, 0) is 0 Å². The van der Waals surface area contributed by atoms with Crippen molar-refractivity contribution in [1.29, 1.82) is 0 Å². The number of aromatic carboxylic acids is 1. The molecule has 1 aromatic rings. The van der Waals surface area contributed by atoms with Gasteiger partial charge in [-0.15, -0.1) is 0 Å². The van der Waals surface area contributed by atoms with Crippen LogP contribution in [-0.4, -0.2) is 20.9 Å². The molecule has 0 fully saturated rings. The fourth-order valence-electron chi connectivity index (χ4n) is 1.04. The van der Waals surface area contributed by atoms with Crippen molar-refractivity contribution in [1.82, 2.24) is 0 Å². The van der Waals surface area contributed by atoms with Crippen molar-refractivity contribution in [2.24, 2.45) is 0 Å². The number of benzene rings is 1. The summed E-state index contributed by atoms with van der Waals surface area (Å²) in [6, 6.07) is 0.730. The zero-order valence-electron chi connectivity index (χ0n) is 7.42. The highest BCUT2D eigenvalue weighted by molar-refractivity contribution is 5.93. The lowest BCUT2D eigenvalue weighted by Crippen LogP contribution is -2.06. The van der Waals surface area contributed by atoms with E-state index >= 15 is 0 Å². The van der Waals surface area contributed by atoms with Gasteiger partial charge in [0.05, 0.1) is 15.9 Å². The molecule has 0 saturated heterocycles. The van der Waals surface area contributed by atoms with Crippen LogP contribution in [0.5, 0.6) is 0 Å². The summed E-state index contributed by atoms with van der Waals surface area (Å²) in [4.78, 5) is 28.9. The second kappa shape index (κ2) is 3.88. The molecule has 8 nitrogen and oxygen atoms in total. The summed E-state index contributed by atoms with van der Waals surface area (Å²) < 4.78 is 13.1. The van der Waals surface area contributed by atoms with E-state index in [0.29, 0.717) is 12.1 Å². The Morgan fingerprint density at radius 1 is 1.25 bits per heavy atom. The highest BCUT2D eigenvalue weighted by Crippen LogP contribution is 2.27. The maximum absolute atomic E-state index is 13.1. The van der Waals surface area contributed by atoms with Gasteiger partial charge >= 0.3 is 11.7 Å². The number of non-ortho nitro benzene ring substituents is 1. The minimum Gasteiger partial charge on any atom is -0.477 e. The van der Waals surface area contributed by atoms with Crippen molar-refractivity contribution >= 4 is 17.3 Å². The summed E-state index contributed by atoms with van der Waals surface area (Å²) in [6.45, 7) is 0. The van der Waals surface area contributed by atoms with Crippen LogP contribution < -0.4 is 0 Å². The van der Waals surface area contributed by atoms with E-state index in [0.717, 1.165) is 0 Å². The topological polar surface area (TPSA) is 124 Å². The molecule has 1 rings (SSSR count). The van der Waals surface area contributed by atoms with E-state index < -0.39 is 38.6 Å². The summed E-state index contributed by atoms with van der Waals surface area (Å²) in [7, 11) is 0. The van der Waals surface area contributed by atoms with Gasteiger partial charge < -0.3 is 5.11 Å². The highest BCUT2D eigenvalue weighted by Gasteiger charge is 2.29. The molecule has 0 spiro atoms. The maximum Gasteiger partial charge on any atom is 0.343 e. The zero-order chi connectivity index (χ0) is 12.5. The van der Waals surface area contributed by atoms with Crippen LogP contribution in [0.3, 0.4) is 0 Å². The van der Waals surface area contributed by atoms with Crippen LogP contribution in [0.1, 0.15) is 10.4 Å². The van der Waals surface area contributed by atoms with Gasteiger partial charge in [-0.2, -0.15) is 4.39 Å². The van der Waals surface area contributed by atoms with E-state index in [4.69, 9.17) is 5.11 Å². The zero-order valence-corrected chi connectivity index (χ0v) is 7.42. The van der Waals surface area contributed by atoms with Gasteiger partial charge in [0.1, 0.15) is 5.56 Å². The molecular formula is C7H3FN2O6. The molecule has 0 aliphatic rings. The fraction of sp³-hybridized carbons (Fsp3) is 0. The number of hydrogen-bond acceptors (Lipinski definition) is 5. The molecule has 0 aliphatic heterocycles. The molecule has 0 aliphatic carbocycles. The van der Waals surface area contributed by atoms with Crippen LogP contribution in [0.25, 0.3) is 0 Å². The van der Waals surface area contributed by atoms with Gasteiger partial charge in [0, 0.05) is 6.07 Å². The second-order valence-electron chi connectivity index (χ2n) is 2.64. The number of rotatable bonds is 3. The van der Waals surface area contributed by atoms with Crippen molar-refractivity contribution in [2.75, 3.05) is 0 Å². The Kier molecular flexibility index (Phi) is 2.79. The maximum atomic E-state index is 13.1. The third-order valence-corrected chi connectivity index (χ3v) is 1.67. The van der Waals surface area contributed by atoms with Gasteiger partial charge in [0.15, 0.2) is 0 Å². The third kappa shape index (κ3) is 1.92. The first-order valence-electron chi connectivity index (χ1n) is 3.70. The Labute approximate surface area is 86.2 Å². The Hall–Kier alpha value is -2.58. The Bertz CT molecular complexity index is 500. The molecule has 0 bridgehead atoms. The Morgan fingerprint density at radius 3 is 2.19 bits per heavy atom. The van der Waals surface area contributed by atoms with Crippen LogP contribution in [0, 0.1) is 26.0 Å². The molecule has 0 atom stereocenters. The van der Waals surface area contributed by atoms with Crippen LogP contribution in [-0.2, 0) is 0 Å². The first-order chi connectivity index (χ1) is 7.34. The second-order valence-corrected chi connectivity index (χ2v) is 2.64. The number of nitro benzene ring substituents is 2. The van der Waals surface area contributed by atoms with Gasteiger partial charge in [-0.25, -0.2) is 4.79 Å². The Morgan fingerprint density at radius 2 is 1.81 bits per heavy atom. The van der Waals surface area contributed by atoms with Gasteiger partial charge in [0.2, 0.25) is 5.82 Å². The number of halogens is 1. The Balaban J connectivity index is 3.58. The number of nitrogens with zero attached hydrogens (tertiary/aromatic N) is 2. The highest BCUT2D eigenvalue weighted by atomic mass is 19.1. The molecular weight excluding hydrogens is 227 g/mol. The van der Waals surface area contributed by atoms with Crippen molar-refractivity contribution in [2.45, 2.75) is 0 Å². The smallest absolute Gasteiger partial charge is 0.343 e. The van der Waals surface area contributed by atoms with Crippen LogP contribution >= 0.6 is 0 Å². The molecule has 16 heavy (non-hydrogen) atoms. The van der Waals surface area contributed by atoms with E-state index in [2.05, 4.69) is 0 Å². The third-order valence-electron chi connectivity index (χ3n) is 1.67.